The number of rotatable bonds is 3. The Morgan fingerprint density at radius 2 is 2.23 bits per heavy atom. The van der Waals surface area contributed by atoms with E-state index in [1.807, 2.05) is 25.1 Å². The number of hydrogen-bond acceptors (Lipinski definition) is 1. The Labute approximate surface area is 86.3 Å². The van der Waals surface area contributed by atoms with Crippen molar-refractivity contribution in [1.29, 1.82) is 0 Å². The number of nitrogens with two attached hydrogens (primary N) is 1. The van der Waals surface area contributed by atoms with Gasteiger partial charge < -0.3 is 5.73 Å². The van der Waals surface area contributed by atoms with Crippen molar-refractivity contribution >= 4 is 15.9 Å². The van der Waals surface area contributed by atoms with Crippen LogP contribution in [0.1, 0.15) is 23.7 Å². The highest BCUT2D eigenvalue weighted by Gasteiger charge is 2.11. The summed E-state index contributed by atoms with van der Waals surface area (Å²) in [4.78, 5) is 0. The van der Waals surface area contributed by atoms with Gasteiger partial charge >= 0.3 is 0 Å². The molecule has 1 unspecified atom stereocenters. The van der Waals surface area contributed by atoms with Crippen molar-refractivity contribution in [3.63, 3.8) is 0 Å². The molecule has 1 rings (SSSR count). The summed E-state index contributed by atoms with van der Waals surface area (Å²) in [6.45, 7) is 2.33. The SMILES string of the molecule is Cc1ccc(Br)c(C(F)CCN)c1. The molecule has 1 nitrogen and oxygen atoms in total. The van der Waals surface area contributed by atoms with E-state index in [0.717, 1.165) is 10.0 Å². The van der Waals surface area contributed by atoms with E-state index in [0.29, 0.717) is 18.5 Å². The van der Waals surface area contributed by atoms with E-state index in [1.165, 1.54) is 0 Å². The molecule has 0 saturated heterocycles. The maximum Gasteiger partial charge on any atom is 0.127 e. The highest BCUT2D eigenvalue weighted by atomic mass is 79.9. The maximum absolute atomic E-state index is 13.5. The third kappa shape index (κ3) is 2.78. The van der Waals surface area contributed by atoms with Crippen LogP contribution in [0.3, 0.4) is 0 Å². The second-order valence-electron chi connectivity index (χ2n) is 3.07. The van der Waals surface area contributed by atoms with Crippen LogP contribution in [0.4, 0.5) is 4.39 Å². The molecule has 0 spiro atoms. The molecular formula is C10H13BrFN. The molecule has 1 atom stereocenters. The van der Waals surface area contributed by atoms with Gasteiger partial charge in [-0.1, -0.05) is 33.6 Å². The van der Waals surface area contributed by atoms with Crippen LogP contribution in [0.2, 0.25) is 0 Å². The topological polar surface area (TPSA) is 26.0 Å². The Hall–Kier alpha value is -0.410. The monoisotopic (exact) mass is 245 g/mol. The van der Waals surface area contributed by atoms with E-state index in [9.17, 15) is 4.39 Å². The molecule has 0 radical (unpaired) electrons. The van der Waals surface area contributed by atoms with Crippen LogP contribution in [0, 0.1) is 6.92 Å². The molecule has 72 valence electrons. The van der Waals surface area contributed by atoms with Crippen LogP contribution in [-0.4, -0.2) is 6.54 Å². The van der Waals surface area contributed by atoms with Crippen molar-refractivity contribution < 1.29 is 4.39 Å². The predicted octanol–water partition coefficient (Wildman–Crippen LogP) is 3.12. The fraction of sp³-hybridized carbons (Fsp3) is 0.400. The molecule has 0 aliphatic rings. The molecule has 0 fully saturated rings. The summed E-state index contributed by atoms with van der Waals surface area (Å²) in [5.74, 6) is 0. The predicted molar refractivity (Wildman–Crippen MR) is 56.4 cm³/mol. The Morgan fingerprint density at radius 3 is 2.85 bits per heavy atom. The molecule has 0 aliphatic heterocycles. The lowest BCUT2D eigenvalue weighted by atomic mass is 10.1. The fourth-order valence-corrected chi connectivity index (χ4v) is 1.70. The zero-order valence-corrected chi connectivity index (χ0v) is 9.14. The summed E-state index contributed by atoms with van der Waals surface area (Å²) in [6, 6.07) is 5.67. The van der Waals surface area contributed by atoms with Crippen molar-refractivity contribution in [2.45, 2.75) is 19.5 Å². The summed E-state index contributed by atoms with van der Waals surface area (Å²) in [6.07, 6.45) is -0.582. The van der Waals surface area contributed by atoms with E-state index in [1.54, 1.807) is 0 Å². The molecule has 0 aliphatic carbocycles. The molecule has 3 heteroatoms. The largest absolute Gasteiger partial charge is 0.330 e. The van der Waals surface area contributed by atoms with Crippen LogP contribution in [0.15, 0.2) is 22.7 Å². The van der Waals surface area contributed by atoms with Crippen LogP contribution in [-0.2, 0) is 0 Å². The molecule has 13 heavy (non-hydrogen) atoms. The van der Waals surface area contributed by atoms with Crippen molar-refractivity contribution in [2.75, 3.05) is 6.54 Å². The van der Waals surface area contributed by atoms with E-state index in [4.69, 9.17) is 5.73 Å². The second kappa shape index (κ2) is 4.72. The van der Waals surface area contributed by atoms with E-state index < -0.39 is 6.17 Å². The van der Waals surface area contributed by atoms with Gasteiger partial charge in [-0.2, -0.15) is 0 Å². The smallest absolute Gasteiger partial charge is 0.127 e. The molecule has 0 bridgehead atoms. The number of hydrogen-bond donors (Lipinski definition) is 1. The minimum Gasteiger partial charge on any atom is -0.330 e. The number of alkyl halides is 1. The van der Waals surface area contributed by atoms with Gasteiger partial charge in [-0.15, -0.1) is 0 Å². The van der Waals surface area contributed by atoms with E-state index in [2.05, 4.69) is 15.9 Å². The lowest BCUT2D eigenvalue weighted by molar-refractivity contribution is 0.326. The lowest BCUT2D eigenvalue weighted by Gasteiger charge is -2.09. The Bertz CT molecular complexity index is 288. The molecule has 0 heterocycles. The van der Waals surface area contributed by atoms with Crippen molar-refractivity contribution in [3.05, 3.63) is 33.8 Å². The molecule has 1 aromatic rings. The van der Waals surface area contributed by atoms with Gasteiger partial charge in [0.2, 0.25) is 0 Å². The minimum absolute atomic E-state index is 0.377. The first-order valence-electron chi connectivity index (χ1n) is 4.25. The highest BCUT2D eigenvalue weighted by Crippen LogP contribution is 2.28. The van der Waals surface area contributed by atoms with Gasteiger partial charge in [0.15, 0.2) is 0 Å². The molecule has 0 aromatic heterocycles. The minimum atomic E-state index is -0.959. The summed E-state index contributed by atoms with van der Waals surface area (Å²) < 4.78 is 14.3. The molecule has 1 aromatic carbocycles. The highest BCUT2D eigenvalue weighted by molar-refractivity contribution is 9.10. The summed E-state index contributed by atoms with van der Waals surface area (Å²) in [5, 5.41) is 0. The fourth-order valence-electron chi connectivity index (χ4n) is 1.21. The maximum atomic E-state index is 13.5. The number of aryl methyl sites for hydroxylation is 1. The van der Waals surface area contributed by atoms with Gasteiger partial charge in [0.05, 0.1) is 0 Å². The summed E-state index contributed by atoms with van der Waals surface area (Å²) in [5.41, 5.74) is 7.07. The second-order valence-corrected chi connectivity index (χ2v) is 3.92. The molecular weight excluding hydrogens is 233 g/mol. The van der Waals surface area contributed by atoms with Gasteiger partial charge in [0, 0.05) is 10.0 Å². The third-order valence-electron chi connectivity index (χ3n) is 1.91. The van der Waals surface area contributed by atoms with Crippen LogP contribution in [0.25, 0.3) is 0 Å². The van der Waals surface area contributed by atoms with Gasteiger partial charge in [0.25, 0.3) is 0 Å². The number of benzene rings is 1. The Kier molecular flexibility index (Phi) is 3.88. The van der Waals surface area contributed by atoms with Crippen molar-refractivity contribution in [2.24, 2.45) is 5.73 Å². The van der Waals surface area contributed by atoms with Crippen molar-refractivity contribution in [1.82, 2.24) is 0 Å². The number of halogens is 2. The quantitative estimate of drug-likeness (QED) is 0.871. The first kappa shape index (κ1) is 10.7. The molecule has 0 saturated carbocycles. The third-order valence-corrected chi connectivity index (χ3v) is 2.63. The summed E-state index contributed by atoms with van der Waals surface area (Å²) >= 11 is 3.32. The molecule has 2 N–H and O–H groups in total. The molecule has 0 amide bonds. The average Bonchev–Trinajstić information content (AvgIpc) is 2.09. The standard InChI is InChI=1S/C10H13BrFN/c1-7-2-3-9(11)8(6-7)10(12)4-5-13/h2-3,6,10H,4-5,13H2,1H3. The first-order valence-corrected chi connectivity index (χ1v) is 5.04. The van der Waals surface area contributed by atoms with E-state index in [-0.39, 0.29) is 0 Å². The van der Waals surface area contributed by atoms with E-state index >= 15 is 0 Å². The lowest BCUT2D eigenvalue weighted by Crippen LogP contribution is -2.04. The zero-order valence-electron chi connectivity index (χ0n) is 7.56. The first-order chi connectivity index (χ1) is 6.15. The average molecular weight is 246 g/mol. The van der Waals surface area contributed by atoms with Gasteiger partial charge in [-0.05, 0) is 26.0 Å². The van der Waals surface area contributed by atoms with Gasteiger partial charge in [-0.25, -0.2) is 4.39 Å². The van der Waals surface area contributed by atoms with Crippen molar-refractivity contribution in [3.8, 4) is 0 Å². The van der Waals surface area contributed by atoms with Gasteiger partial charge in [0.1, 0.15) is 6.17 Å². The van der Waals surface area contributed by atoms with Crippen LogP contribution >= 0.6 is 15.9 Å². The normalized spacial score (nSPS) is 12.9. The Morgan fingerprint density at radius 1 is 1.54 bits per heavy atom. The van der Waals surface area contributed by atoms with Crippen LogP contribution < -0.4 is 5.73 Å². The Balaban J connectivity index is 2.91. The van der Waals surface area contributed by atoms with Crippen LogP contribution in [0.5, 0.6) is 0 Å². The zero-order chi connectivity index (χ0) is 9.84. The van der Waals surface area contributed by atoms with Gasteiger partial charge in [-0.3, -0.25) is 0 Å². The summed E-state index contributed by atoms with van der Waals surface area (Å²) in [7, 11) is 0.